The summed E-state index contributed by atoms with van der Waals surface area (Å²) in [6.07, 6.45) is -4.52. The van der Waals surface area contributed by atoms with Gasteiger partial charge < -0.3 is 10.0 Å². The number of rotatable bonds is 5. The lowest BCUT2D eigenvalue weighted by Crippen LogP contribution is -2.37. The Hall–Kier alpha value is -1.63. The molecule has 0 heterocycles. The third-order valence-electron chi connectivity index (χ3n) is 2.42. The fraction of sp³-hybridized carbons (Fsp3) is 0.417. The maximum Gasteiger partial charge on any atom is 0.405 e. The van der Waals surface area contributed by atoms with E-state index < -0.39 is 36.5 Å². The lowest BCUT2D eigenvalue weighted by Gasteiger charge is -2.27. The number of carbonyl (C=O) groups excluding carboxylic acids is 1. The number of halogens is 4. The molecule has 0 aliphatic rings. The first-order valence-electron chi connectivity index (χ1n) is 5.48. The van der Waals surface area contributed by atoms with Crippen LogP contribution in [0.3, 0.4) is 0 Å². The highest BCUT2D eigenvalue weighted by Crippen LogP contribution is 2.27. The quantitative estimate of drug-likeness (QED) is 0.664. The average molecular weight is 279 g/mol. The molecule has 0 saturated carbocycles. The molecular weight excluding hydrogens is 266 g/mol. The van der Waals surface area contributed by atoms with Crippen molar-refractivity contribution in [3.8, 4) is 0 Å². The van der Waals surface area contributed by atoms with E-state index in [1.807, 2.05) is 0 Å². The van der Waals surface area contributed by atoms with Crippen LogP contribution in [0.15, 0.2) is 18.2 Å². The number of benzene rings is 1. The third kappa shape index (κ3) is 4.20. The first-order valence-corrected chi connectivity index (χ1v) is 5.48. The van der Waals surface area contributed by atoms with Crippen molar-refractivity contribution in [2.45, 2.75) is 13.1 Å². The Labute approximate surface area is 107 Å². The number of aliphatic hydroxyl groups is 1. The molecule has 0 atom stereocenters. The van der Waals surface area contributed by atoms with E-state index in [9.17, 15) is 22.4 Å². The van der Waals surface area contributed by atoms with Crippen molar-refractivity contribution in [3.63, 3.8) is 0 Å². The third-order valence-corrected chi connectivity index (χ3v) is 2.42. The van der Waals surface area contributed by atoms with Gasteiger partial charge in [-0.05, 0) is 19.1 Å². The van der Waals surface area contributed by atoms with E-state index >= 15 is 0 Å². The summed E-state index contributed by atoms with van der Waals surface area (Å²) in [5.74, 6) is -1.55. The molecule has 0 saturated heterocycles. The van der Waals surface area contributed by atoms with E-state index in [0.717, 1.165) is 17.9 Å². The van der Waals surface area contributed by atoms with E-state index in [1.165, 1.54) is 12.1 Å². The number of ketones is 1. The number of carbonyl (C=O) groups is 1. The normalized spacial score (nSPS) is 11.5. The Bertz CT molecular complexity index is 460. The lowest BCUT2D eigenvalue weighted by molar-refractivity contribution is -0.119. The minimum absolute atomic E-state index is 0.168. The monoisotopic (exact) mass is 279 g/mol. The lowest BCUT2D eigenvalue weighted by atomic mass is 10.1. The molecule has 0 aromatic heterocycles. The van der Waals surface area contributed by atoms with Gasteiger partial charge in [0.15, 0.2) is 5.78 Å². The van der Waals surface area contributed by atoms with Crippen molar-refractivity contribution in [2.75, 3.05) is 24.6 Å². The minimum atomic E-state index is -4.52. The zero-order valence-corrected chi connectivity index (χ0v) is 10.2. The Morgan fingerprint density at radius 2 is 2.00 bits per heavy atom. The molecular formula is C12H13F4NO2. The van der Waals surface area contributed by atoms with Gasteiger partial charge in [0.05, 0.1) is 17.9 Å². The highest BCUT2D eigenvalue weighted by molar-refractivity contribution is 6.00. The maximum atomic E-state index is 13.5. The van der Waals surface area contributed by atoms with E-state index in [-0.39, 0.29) is 12.2 Å². The predicted octanol–water partition coefficient (Wildman–Crippen LogP) is 2.39. The molecule has 1 rings (SSSR count). The summed E-state index contributed by atoms with van der Waals surface area (Å²) < 4.78 is 50.9. The topological polar surface area (TPSA) is 40.5 Å². The second-order valence-corrected chi connectivity index (χ2v) is 3.95. The van der Waals surface area contributed by atoms with Gasteiger partial charge in [-0.2, -0.15) is 13.2 Å². The number of anilines is 1. The van der Waals surface area contributed by atoms with Gasteiger partial charge in [0.1, 0.15) is 12.4 Å². The highest BCUT2D eigenvalue weighted by atomic mass is 19.4. The number of hydrogen-bond acceptors (Lipinski definition) is 3. The van der Waals surface area contributed by atoms with Gasteiger partial charge in [0.2, 0.25) is 0 Å². The Kier molecular flexibility index (Phi) is 4.88. The van der Waals surface area contributed by atoms with E-state index in [0.29, 0.717) is 0 Å². The molecule has 0 spiro atoms. The van der Waals surface area contributed by atoms with Crippen molar-refractivity contribution in [1.29, 1.82) is 0 Å². The van der Waals surface area contributed by atoms with Crippen LogP contribution in [0.25, 0.3) is 0 Å². The van der Waals surface area contributed by atoms with Crippen LogP contribution in [0.5, 0.6) is 0 Å². The van der Waals surface area contributed by atoms with Gasteiger partial charge >= 0.3 is 6.18 Å². The zero-order chi connectivity index (χ0) is 14.6. The summed E-state index contributed by atoms with van der Waals surface area (Å²) in [6, 6.07) is 3.45. The Balaban J connectivity index is 3.22. The molecule has 0 fully saturated rings. The van der Waals surface area contributed by atoms with Gasteiger partial charge in [-0.15, -0.1) is 0 Å². The summed E-state index contributed by atoms with van der Waals surface area (Å²) in [5, 5.41) is 8.81. The molecule has 0 bridgehead atoms. The molecule has 1 aromatic rings. The highest BCUT2D eigenvalue weighted by Gasteiger charge is 2.32. The molecule has 19 heavy (non-hydrogen) atoms. The van der Waals surface area contributed by atoms with Crippen LogP contribution in [0, 0.1) is 5.82 Å². The van der Waals surface area contributed by atoms with E-state index in [1.54, 1.807) is 0 Å². The van der Waals surface area contributed by atoms with Crippen molar-refractivity contribution in [1.82, 2.24) is 0 Å². The maximum absolute atomic E-state index is 13.5. The van der Waals surface area contributed by atoms with Crippen LogP contribution < -0.4 is 4.90 Å². The summed E-state index contributed by atoms with van der Waals surface area (Å²) in [6.45, 7) is -1.17. The number of alkyl halides is 3. The molecule has 7 heteroatoms. The largest absolute Gasteiger partial charge is 0.405 e. The summed E-state index contributed by atoms with van der Waals surface area (Å²) in [4.78, 5) is 12.1. The first-order chi connectivity index (χ1) is 8.76. The van der Waals surface area contributed by atoms with Crippen LogP contribution in [0.2, 0.25) is 0 Å². The molecule has 0 aliphatic carbocycles. The van der Waals surface area contributed by atoms with Gasteiger partial charge in [0.25, 0.3) is 0 Å². The standard InChI is InChI=1S/C12H13F4NO2/c1-8(19)11-9(13)3-2-4-10(11)17(5-6-18)7-12(14,15)16/h2-4,18H,5-7H2,1H3. The van der Waals surface area contributed by atoms with Crippen LogP contribution in [-0.2, 0) is 0 Å². The molecule has 1 N–H and O–H groups in total. The summed E-state index contributed by atoms with van der Waals surface area (Å²) >= 11 is 0. The molecule has 0 radical (unpaired) electrons. The minimum Gasteiger partial charge on any atom is -0.395 e. The summed E-state index contributed by atoms with van der Waals surface area (Å²) in [5.41, 5.74) is -0.570. The summed E-state index contributed by atoms with van der Waals surface area (Å²) in [7, 11) is 0. The fourth-order valence-electron chi connectivity index (χ4n) is 1.75. The van der Waals surface area contributed by atoms with Crippen molar-refractivity contribution >= 4 is 11.5 Å². The van der Waals surface area contributed by atoms with Crippen LogP contribution >= 0.6 is 0 Å². The molecule has 1 aromatic carbocycles. The number of nitrogens with zero attached hydrogens (tertiary/aromatic N) is 1. The molecule has 0 unspecified atom stereocenters. The fourth-order valence-corrected chi connectivity index (χ4v) is 1.75. The number of aliphatic hydroxyl groups excluding tert-OH is 1. The molecule has 0 amide bonds. The van der Waals surface area contributed by atoms with Gasteiger partial charge in [0, 0.05) is 6.54 Å². The van der Waals surface area contributed by atoms with Crippen molar-refractivity contribution in [3.05, 3.63) is 29.6 Å². The number of hydrogen-bond donors (Lipinski definition) is 1. The van der Waals surface area contributed by atoms with Crippen LogP contribution in [-0.4, -0.2) is 36.8 Å². The van der Waals surface area contributed by atoms with E-state index in [4.69, 9.17) is 5.11 Å². The second kappa shape index (κ2) is 6.01. The van der Waals surface area contributed by atoms with E-state index in [2.05, 4.69) is 0 Å². The van der Waals surface area contributed by atoms with Crippen LogP contribution in [0.1, 0.15) is 17.3 Å². The Morgan fingerprint density at radius 3 is 2.47 bits per heavy atom. The molecule has 0 aliphatic heterocycles. The molecule has 3 nitrogen and oxygen atoms in total. The second-order valence-electron chi connectivity index (χ2n) is 3.95. The average Bonchev–Trinajstić information content (AvgIpc) is 2.25. The van der Waals surface area contributed by atoms with Gasteiger partial charge in [-0.3, -0.25) is 4.79 Å². The van der Waals surface area contributed by atoms with Gasteiger partial charge in [-0.25, -0.2) is 4.39 Å². The smallest absolute Gasteiger partial charge is 0.395 e. The Morgan fingerprint density at radius 1 is 1.37 bits per heavy atom. The predicted molar refractivity (Wildman–Crippen MR) is 61.8 cm³/mol. The van der Waals surface area contributed by atoms with Gasteiger partial charge in [-0.1, -0.05) is 6.07 Å². The van der Waals surface area contributed by atoms with Crippen molar-refractivity contribution < 1.29 is 27.5 Å². The molecule has 106 valence electrons. The van der Waals surface area contributed by atoms with Crippen LogP contribution in [0.4, 0.5) is 23.2 Å². The SMILES string of the molecule is CC(=O)c1c(F)cccc1N(CCO)CC(F)(F)F. The number of Topliss-reactive ketones (excluding diaryl/α,β-unsaturated/α-hetero) is 1. The zero-order valence-electron chi connectivity index (χ0n) is 10.2. The first kappa shape index (κ1) is 15.4. The van der Waals surface area contributed by atoms with Crippen molar-refractivity contribution in [2.24, 2.45) is 0 Å².